The molecule has 0 spiro atoms. The van der Waals surface area contributed by atoms with Crippen molar-refractivity contribution in [3.8, 4) is 0 Å². The van der Waals surface area contributed by atoms with E-state index in [0.717, 1.165) is 0 Å². The molecule has 0 saturated carbocycles. The van der Waals surface area contributed by atoms with Gasteiger partial charge in [-0.3, -0.25) is 9.59 Å². The summed E-state index contributed by atoms with van der Waals surface area (Å²) in [5, 5.41) is 7.39. The zero-order valence-corrected chi connectivity index (χ0v) is 19.5. The number of hydrogen-bond donors (Lipinski definition) is 2. The van der Waals surface area contributed by atoms with Crippen LogP contribution in [0.5, 0.6) is 0 Å². The highest BCUT2D eigenvalue weighted by molar-refractivity contribution is 6.30. The molecule has 2 heterocycles. The quantitative estimate of drug-likeness (QED) is 0.525. The largest absolute Gasteiger partial charge is 0.435 e. The molecule has 0 aliphatic carbocycles. The Kier molecular flexibility index (Phi) is 6.63. The molecule has 6 nitrogen and oxygen atoms in total. The summed E-state index contributed by atoms with van der Waals surface area (Å²) in [6, 6.07) is 3.36. The van der Waals surface area contributed by atoms with Gasteiger partial charge in [-0.25, -0.2) is 4.39 Å². The molecule has 37 heavy (non-hydrogen) atoms. The van der Waals surface area contributed by atoms with Gasteiger partial charge in [0, 0.05) is 17.7 Å². The lowest BCUT2D eigenvalue weighted by Crippen LogP contribution is -2.43. The summed E-state index contributed by atoms with van der Waals surface area (Å²) in [4.78, 5) is 28.9. The van der Waals surface area contributed by atoms with Gasteiger partial charge >= 0.3 is 12.4 Å². The first kappa shape index (κ1) is 26.7. The van der Waals surface area contributed by atoms with Crippen molar-refractivity contribution in [3.63, 3.8) is 0 Å². The molecular formula is C23H17ClF7N3O3. The Hall–Kier alpha value is -3.35. The molecule has 0 radical (unpaired) electrons. The molecule has 0 bridgehead atoms. The first-order valence-electron chi connectivity index (χ1n) is 10.7. The maximum absolute atomic E-state index is 14.7. The molecular weight excluding hydrogens is 535 g/mol. The van der Waals surface area contributed by atoms with Crippen molar-refractivity contribution in [2.45, 2.75) is 43.8 Å². The Balaban J connectivity index is 1.66. The fourth-order valence-electron chi connectivity index (χ4n) is 4.15. The number of carbonyl (C=O) groups is 2. The second kappa shape index (κ2) is 9.19. The van der Waals surface area contributed by atoms with Gasteiger partial charge in [-0.15, -0.1) is 0 Å². The fraction of sp³-hybridized carbons (Fsp3) is 0.348. The number of carbonyl (C=O) groups excluding carboxylic acids is 2. The second-order valence-corrected chi connectivity index (χ2v) is 8.99. The molecule has 2 aromatic carbocycles. The van der Waals surface area contributed by atoms with Gasteiger partial charge in [-0.05, 0) is 48.7 Å². The Morgan fingerprint density at radius 2 is 1.89 bits per heavy atom. The lowest BCUT2D eigenvalue weighted by molar-refractivity contribution is -0.276. The highest BCUT2D eigenvalue weighted by Crippen LogP contribution is 2.51. The van der Waals surface area contributed by atoms with Crippen molar-refractivity contribution < 1.29 is 45.2 Å². The minimum atomic E-state index is -5.39. The molecule has 14 heteroatoms. The smallest absolute Gasteiger partial charge is 0.374 e. The zero-order chi connectivity index (χ0) is 27.3. The molecule has 2 atom stereocenters. The molecule has 1 saturated heterocycles. The molecule has 2 aliphatic rings. The normalized spacial score (nSPS) is 21.9. The topological polar surface area (TPSA) is 79.8 Å². The van der Waals surface area contributed by atoms with Gasteiger partial charge in [-0.2, -0.15) is 26.3 Å². The molecule has 0 aromatic heterocycles. The summed E-state index contributed by atoms with van der Waals surface area (Å²) in [7, 11) is 0. The van der Waals surface area contributed by atoms with E-state index in [1.54, 1.807) is 0 Å². The van der Waals surface area contributed by atoms with E-state index in [1.807, 2.05) is 0 Å². The van der Waals surface area contributed by atoms with Crippen LogP contribution in [-0.2, 0) is 21.4 Å². The number of halogens is 8. The molecule has 2 aromatic rings. The maximum atomic E-state index is 14.7. The number of alkyl halides is 6. The lowest BCUT2D eigenvalue weighted by atomic mass is 9.85. The SMILES string of the molecule is Cc1cc(C2=NOC(c3cc(C(F)(F)F)cc(Cl)c3F)(C(F)(F)F)C2)ccc1C(=O)N[C@@H]1CCNC1=O. The molecule has 1 unspecified atom stereocenters. The van der Waals surface area contributed by atoms with Gasteiger partial charge in [0.2, 0.25) is 5.91 Å². The van der Waals surface area contributed by atoms with Crippen molar-refractivity contribution in [2.24, 2.45) is 5.16 Å². The molecule has 2 N–H and O–H groups in total. The lowest BCUT2D eigenvalue weighted by Gasteiger charge is -2.30. The van der Waals surface area contributed by atoms with Crippen LogP contribution >= 0.6 is 11.6 Å². The third-order valence-corrected chi connectivity index (χ3v) is 6.41. The fourth-order valence-corrected chi connectivity index (χ4v) is 4.37. The van der Waals surface area contributed by atoms with Gasteiger partial charge in [0.1, 0.15) is 11.9 Å². The third kappa shape index (κ3) is 4.83. The van der Waals surface area contributed by atoms with E-state index < -0.39 is 58.3 Å². The van der Waals surface area contributed by atoms with Crippen molar-refractivity contribution in [1.82, 2.24) is 10.6 Å². The standard InChI is InChI=1S/C23H17ClF7N3O3/c1-10-6-11(2-3-13(10)19(35)33-16-4-5-32-20(16)36)17-9-21(37-34-17,23(29,30)31)14-7-12(22(26,27)28)8-15(24)18(14)25/h2-3,6-8,16H,4-5,9H2,1H3,(H,32,36)(H,33,35)/t16-,21?/m1/s1. The van der Waals surface area contributed by atoms with Crippen LogP contribution in [0.15, 0.2) is 35.5 Å². The minimum absolute atomic E-state index is 0.00498. The second-order valence-electron chi connectivity index (χ2n) is 8.58. The molecule has 1 fully saturated rings. The number of nitrogens with zero attached hydrogens (tertiary/aromatic N) is 1. The first-order valence-corrected chi connectivity index (χ1v) is 11.1. The number of hydrogen-bond acceptors (Lipinski definition) is 4. The van der Waals surface area contributed by atoms with Crippen LogP contribution < -0.4 is 10.6 Å². The predicted molar refractivity (Wildman–Crippen MR) is 116 cm³/mol. The van der Waals surface area contributed by atoms with Gasteiger partial charge in [0.15, 0.2) is 0 Å². The number of rotatable bonds is 4. The van der Waals surface area contributed by atoms with Crippen LogP contribution in [0.1, 0.15) is 45.5 Å². The Morgan fingerprint density at radius 3 is 2.46 bits per heavy atom. The third-order valence-electron chi connectivity index (χ3n) is 6.13. The van der Waals surface area contributed by atoms with E-state index in [-0.39, 0.29) is 34.9 Å². The van der Waals surface area contributed by atoms with E-state index in [1.165, 1.54) is 25.1 Å². The summed E-state index contributed by atoms with van der Waals surface area (Å²) < 4.78 is 97.1. The van der Waals surface area contributed by atoms with Gasteiger partial charge in [-0.1, -0.05) is 22.8 Å². The molecule has 198 valence electrons. The van der Waals surface area contributed by atoms with Gasteiger partial charge in [0.25, 0.3) is 11.5 Å². The van der Waals surface area contributed by atoms with E-state index in [4.69, 9.17) is 11.6 Å². The maximum Gasteiger partial charge on any atom is 0.435 e. The van der Waals surface area contributed by atoms with E-state index >= 15 is 0 Å². The number of nitrogens with one attached hydrogen (secondary N) is 2. The first-order chi connectivity index (χ1) is 17.1. The van der Waals surface area contributed by atoms with Crippen LogP contribution in [0.25, 0.3) is 0 Å². The van der Waals surface area contributed by atoms with Gasteiger partial charge < -0.3 is 15.5 Å². The average Bonchev–Trinajstić information content (AvgIpc) is 3.42. The van der Waals surface area contributed by atoms with Crippen molar-refractivity contribution in [3.05, 3.63) is 69.0 Å². The van der Waals surface area contributed by atoms with Crippen LogP contribution in [-0.4, -0.2) is 36.3 Å². The number of amides is 2. The zero-order valence-electron chi connectivity index (χ0n) is 18.8. The van der Waals surface area contributed by atoms with E-state index in [9.17, 15) is 40.3 Å². The summed E-state index contributed by atoms with van der Waals surface area (Å²) in [6.45, 7) is 1.90. The highest BCUT2D eigenvalue weighted by atomic mass is 35.5. The minimum Gasteiger partial charge on any atom is -0.374 e. The van der Waals surface area contributed by atoms with Crippen molar-refractivity contribution >= 4 is 29.1 Å². The molecule has 4 rings (SSSR count). The van der Waals surface area contributed by atoms with Crippen LogP contribution in [0.4, 0.5) is 30.7 Å². The van der Waals surface area contributed by atoms with Crippen molar-refractivity contribution in [1.29, 1.82) is 0 Å². The van der Waals surface area contributed by atoms with E-state index in [2.05, 4.69) is 20.6 Å². The summed E-state index contributed by atoms with van der Waals surface area (Å²) in [6.07, 6.45) is -11.2. The highest BCUT2D eigenvalue weighted by Gasteiger charge is 2.64. The van der Waals surface area contributed by atoms with Crippen LogP contribution in [0, 0.1) is 12.7 Å². The van der Waals surface area contributed by atoms with Crippen LogP contribution in [0.3, 0.4) is 0 Å². The average molecular weight is 552 g/mol. The van der Waals surface area contributed by atoms with E-state index in [0.29, 0.717) is 18.5 Å². The summed E-state index contributed by atoms with van der Waals surface area (Å²) >= 11 is 5.51. The summed E-state index contributed by atoms with van der Waals surface area (Å²) in [5.74, 6) is -2.64. The molecule has 2 amide bonds. The Bertz CT molecular complexity index is 1310. The Labute approximate surface area is 209 Å². The monoisotopic (exact) mass is 551 g/mol. The number of oxime groups is 1. The number of benzene rings is 2. The van der Waals surface area contributed by atoms with Gasteiger partial charge in [0.05, 0.1) is 22.7 Å². The van der Waals surface area contributed by atoms with Crippen LogP contribution in [0.2, 0.25) is 5.02 Å². The predicted octanol–water partition coefficient (Wildman–Crippen LogP) is 5.01. The van der Waals surface area contributed by atoms with Crippen molar-refractivity contribution in [2.75, 3.05) is 6.54 Å². The summed E-state index contributed by atoms with van der Waals surface area (Å²) in [5.41, 5.74) is -6.43. The molecule has 2 aliphatic heterocycles. The number of aryl methyl sites for hydroxylation is 1. The Morgan fingerprint density at radius 1 is 1.19 bits per heavy atom.